The van der Waals surface area contributed by atoms with Gasteiger partial charge in [-0.05, 0) is 68.7 Å². The summed E-state index contributed by atoms with van der Waals surface area (Å²) < 4.78 is 0. The molecular formula is C23H29N5. The number of pyridine rings is 1. The summed E-state index contributed by atoms with van der Waals surface area (Å²) in [5.74, 6) is 1.03. The molecule has 0 aliphatic heterocycles. The lowest BCUT2D eigenvalue weighted by Crippen LogP contribution is -2.42. The molecule has 1 saturated carbocycles. The van der Waals surface area contributed by atoms with Crippen LogP contribution in [0.2, 0.25) is 0 Å². The fourth-order valence-corrected chi connectivity index (χ4v) is 4.85. The van der Waals surface area contributed by atoms with Crippen LogP contribution in [0.25, 0.3) is 11.0 Å². The first-order chi connectivity index (χ1) is 13.8. The molecule has 2 heterocycles. The van der Waals surface area contributed by atoms with Crippen molar-refractivity contribution in [3.05, 3.63) is 59.7 Å². The third-order valence-electron chi connectivity index (χ3n) is 6.36. The quantitative estimate of drug-likeness (QED) is 0.630. The minimum atomic E-state index is 0.440. The van der Waals surface area contributed by atoms with Crippen LogP contribution in [-0.4, -0.2) is 27.0 Å². The molecular weight excluding hydrogens is 346 g/mol. The fraction of sp³-hybridized carbons (Fsp3) is 0.478. The Morgan fingerprint density at radius 2 is 1.82 bits per heavy atom. The van der Waals surface area contributed by atoms with E-state index in [-0.39, 0.29) is 0 Å². The molecule has 0 spiro atoms. The van der Waals surface area contributed by atoms with Gasteiger partial charge in [0.05, 0.1) is 23.3 Å². The second-order valence-electron chi connectivity index (χ2n) is 8.29. The molecule has 28 heavy (non-hydrogen) atoms. The molecule has 2 aliphatic rings. The number of rotatable bonds is 5. The summed E-state index contributed by atoms with van der Waals surface area (Å²) in [7, 11) is 0. The number of H-pyrrole nitrogens is 1. The maximum atomic E-state index is 4.68. The number of imidazole rings is 1. The van der Waals surface area contributed by atoms with E-state index >= 15 is 0 Å². The molecule has 2 aromatic heterocycles. The SMILES string of the molecule is c1cnc2c(c1)CCC[C@@H]2NC1CCC(NCc2nc3ccccc3[nH]2)CC1. The molecule has 1 aromatic carbocycles. The van der Waals surface area contributed by atoms with Gasteiger partial charge >= 0.3 is 0 Å². The van der Waals surface area contributed by atoms with E-state index in [0.717, 1.165) is 23.4 Å². The number of aromatic nitrogens is 3. The standard InChI is InChI=1S/C23H29N5/c1-2-8-20-19(7-1)27-22(28-20)15-25-17-10-12-18(13-11-17)26-21-9-3-5-16-6-4-14-24-23(16)21/h1-2,4,6-8,14,17-18,21,25-26H,3,5,9-13,15H2,(H,27,28)/t17?,18?,21-/m0/s1. The van der Waals surface area contributed by atoms with Crippen molar-refractivity contribution in [2.75, 3.05) is 0 Å². The average Bonchev–Trinajstić information content (AvgIpc) is 3.17. The number of aromatic amines is 1. The van der Waals surface area contributed by atoms with Crippen LogP contribution in [0.1, 0.15) is 61.6 Å². The number of hydrogen-bond donors (Lipinski definition) is 3. The van der Waals surface area contributed by atoms with Crippen LogP contribution >= 0.6 is 0 Å². The second kappa shape index (κ2) is 8.02. The van der Waals surface area contributed by atoms with E-state index in [0.29, 0.717) is 18.1 Å². The van der Waals surface area contributed by atoms with E-state index in [2.05, 4.69) is 49.9 Å². The summed E-state index contributed by atoms with van der Waals surface area (Å²) in [6.45, 7) is 0.817. The van der Waals surface area contributed by atoms with Gasteiger partial charge in [-0.3, -0.25) is 4.98 Å². The van der Waals surface area contributed by atoms with Gasteiger partial charge in [0, 0.05) is 24.3 Å². The van der Waals surface area contributed by atoms with Gasteiger partial charge in [0.2, 0.25) is 0 Å². The Bertz CT molecular complexity index is 892. The zero-order valence-electron chi connectivity index (χ0n) is 16.3. The summed E-state index contributed by atoms with van der Waals surface area (Å²) in [6, 6.07) is 14.2. The van der Waals surface area contributed by atoms with E-state index in [1.54, 1.807) is 0 Å². The number of nitrogens with one attached hydrogen (secondary N) is 3. The van der Waals surface area contributed by atoms with Crippen LogP contribution in [0.15, 0.2) is 42.6 Å². The Balaban J connectivity index is 1.12. The number of benzene rings is 1. The molecule has 3 N–H and O–H groups in total. The van der Waals surface area contributed by atoms with Gasteiger partial charge in [-0.1, -0.05) is 18.2 Å². The first-order valence-corrected chi connectivity index (χ1v) is 10.7. The molecule has 5 nitrogen and oxygen atoms in total. The van der Waals surface area contributed by atoms with Crippen molar-refractivity contribution in [1.82, 2.24) is 25.6 Å². The minimum Gasteiger partial charge on any atom is -0.341 e. The topological polar surface area (TPSA) is 65.6 Å². The third-order valence-corrected chi connectivity index (χ3v) is 6.36. The lowest BCUT2D eigenvalue weighted by molar-refractivity contribution is 0.276. The number of nitrogens with zero attached hydrogens (tertiary/aromatic N) is 2. The third kappa shape index (κ3) is 3.82. The molecule has 1 fully saturated rings. The summed E-state index contributed by atoms with van der Waals surface area (Å²) in [6.07, 6.45) is 10.5. The summed E-state index contributed by atoms with van der Waals surface area (Å²) in [5, 5.41) is 7.62. The predicted molar refractivity (Wildman–Crippen MR) is 112 cm³/mol. The first kappa shape index (κ1) is 17.8. The van der Waals surface area contributed by atoms with Crippen LogP contribution in [0.3, 0.4) is 0 Å². The van der Waals surface area contributed by atoms with Gasteiger partial charge in [-0.25, -0.2) is 4.98 Å². The van der Waals surface area contributed by atoms with Crippen molar-refractivity contribution in [2.45, 2.75) is 69.6 Å². The molecule has 0 radical (unpaired) electrons. The van der Waals surface area contributed by atoms with Crippen molar-refractivity contribution in [3.8, 4) is 0 Å². The summed E-state index contributed by atoms with van der Waals surface area (Å²) in [4.78, 5) is 12.8. The van der Waals surface area contributed by atoms with Crippen LogP contribution < -0.4 is 10.6 Å². The lowest BCUT2D eigenvalue weighted by Gasteiger charge is -2.34. The van der Waals surface area contributed by atoms with Crippen molar-refractivity contribution >= 4 is 11.0 Å². The molecule has 1 atom stereocenters. The predicted octanol–water partition coefficient (Wildman–Crippen LogP) is 4.03. The zero-order valence-corrected chi connectivity index (χ0v) is 16.3. The van der Waals surface area contributed by atoms with Gasteiger partial charge in [0.1, 0.15) is 5.82 Å². The summed E-state index contributed by atoms with van der Waals surface area (Å²) >= 11 is 0. The van der Waals surface area contributed by atoms with E-state index in [4.69, 9.17) is 0 Å². The number of hydrogen-bond acceptors (Lipinski definition) is 4. The lowest BCUT2D eigenvalue weighted by atomic mass is 9.87. The Labute approximate surface area is 166 Å². The Morgan fingerprint density at radius 1 is 0.964 bits per heavy atom. The molecule has 0 unspecified atom stereocenters. The largest absolute Gasteiger partial charge is 0.341 e. The number of fused-ring (bicyclic) bond motifs is 2. The van der Waals surface area contributed by atoms with Crippen LogP contribution in [0.4, 0.5) is 0 Å². The van der Waals surface area contributed by atoms with Gasteiger partial charge in [0.15, 0.2) is 0 Å². The van der Waals surface area contributed by atoms with Crippen LogP contribution in [0.5, 0.6) is 0 Å². The molecule has 0 saturated heterocycles. The van der Waals surface area contributed by atoms with Gasteiger partial charge in [0.25, 0.3) is 0 Å². The second-order valence-corrected chi connectivity index (χ2v) is 8.29. The van der Waals surface area contributed by atoms with Crippen molar-refractivity contribution in [3.63, 3.8) is 0 Å². The summed E-state index contributed by atoms with van der Waals surface area (Å²) in [5.41, 5.74) is 4.90. The Kier molecular flexibility index (Phi) is 5.10. The van der Waals surface area contributed by atoms with Crippen molar-refractivity contribution in [2.24, 2.45) is 0 Å². The maximum absolute atomic E-state index is 4.68. The monoisotopic (exact) mass is 375 g/mol. The molecule has 2 aliphatic carbocycles. The first-order valence-electron chi connectivity index (χ1n) is 10.7. The molecule has 3 aromatic rings. The Morgan fingerprint density at radius 3 is 2.71 bits per heavy atom. The van der Waals surface area contributed by atoms with Crippen molar-refractivity contribution in [1.29, 1.82) is 0 Å². The van der Waals surface area contributed by atoms with E-state index in [1.165, 1.54) is 56.2 Å². The number of para-hydroxylation sites is 2. The van der Waals surface area contributed by atoms with E-state index in [1.807, 2.05) is 18.3 Å². The number of aryl methyl sites for hydroxylation is 1. The van der Waals surface area contributed by atoms with Crippen LogP contribution in [-0.2, 0) is 13.0 Å². The average molecular weight is 376 g/mol. The normalized spacial score (nSPS) is 24.9. The van der Waals surface area contributed by atoms with Crippen LogP contribution in [0, 0.1) is 0 Å². The highest BCUT2D eigenvalue weighted by molar-refractivity contribution is 5.74. The molecule has 146 valence electrons. The molecule has 5 heteroatoms. The molecule has 0 bridgehead atoms. The van der Waals surface area contributed by atoms with E-state index < -0.39 is 0 Å². The highest BCUT2D eigenvalue weighted by Gasteiger charge is 2.27. The minimum absolute atomic E-state index is 0.440. The van der Waals surface area contributed by atoms with Gasteiger partial charge < -0.3 is 15.6 Å². The highest BCUT2D eigenvalue weighted by Crippen LogP contribution is 2.30. The fourth-order valence-electron chi connectivity index (χ4n) is 4.85. The van der Waals surface area contributed by atoms with Gasteiger partial charge in [-0.15, -0.1) is 0 Å². The zero-order chi connectivity index (χ0) is 18.8. The van der Waals surface area contributed by atoms with E-state index in [9.17, 15) is 0 Å². The van der Waals surface area contributed by atoms with Gasteiger partial charge in [-0.2, -0.15) is 0 Å². The maximum Gasteiger partial charge on any atom is 0.121 e. The Hall–Kier alpha value is -2.24. The van der Waals surface area contributed by atoms with Crippen molar-refractivity contribution < 1.29 is 0 Å². The molecule has 5 rings (SSSR count). The molecule has 0 amide bonds. The smallest absolute Gasteiger partial charge is 0.121 e. The highest BCUT2D eigenvalue weighted by atomic mass is 15.0.